The number of anilines is 1. The zero-order valence-corrected chi connectivity index (χ0v) is 12.1. The second-order valence-corrected chi connectivity index (χ2v) is 5.33. The number of imidazole rings is 1. The number of carbonyl (C=O) groups is 1. The van der Waals surface area contributed by atoms with E-state index in [0.29, 0.717) is 5.56 Å². The number of rotatable bonds is 3. The molecule has 6 heteroatoms. The van der Waals surface area contributed by atoms with Crippen LogP contribution >= 0.6 is 0 Å². The van der Waals surface area contributed by atoms with E-state index < -0.39 is 5.97 Å². The van der Waals surface area contributed by atoms with Crippen molar-refractivity contribution < 1.29 is 9.90 Å². The molecule has 2 aromatic rings. The highest BCUT2D eigenvalue weighted by molar-refractivity contribution is 5.85. The van der Waals surface area contributed by atoms with Crippen LogP contribution in [0.3, 0.4) is 0 Å². The fourth-order valence-electron chi connectivity index (χ4n) is 2.76. The highest BCUT2D eigenvalue weighted by Crippen LogP contribution is 2.26. The molecule has 22 heavy (non-hydrogen) atoms. The predicted molar refractivity (Wildman–Crippen MR) is 81.3 cm³/mol. The van der Waals surface area contributed by atoms with E-state index in [2.05, 4.69) is 16.0 Å². The maximum atomic E-state index is 10.9. The lowest BCUT2D eigenvalue weighted by Crippen LogP contribution is -2.30. The minimum Gasteiger partial charge on any atom is -0.476 e. The van der Waals surface area contributed by atoms with Crippen molar-refractivity contribution in [3.8, 4) is 11.8 Å². The minimum absolute atomic E-state index is 0.0152. The summed E-state index contributed by atoms with van der Waals surface area (Å²) in [7, 11) is 0. The second-order valence-electron chi connectivity index (χ2n) is 5.33. The summed E-state index contributed by atoms with van der Waals surface area (Å²) in [5, 5.41) is 18.3. The lowest BCUT2D eigenvalue weighted by Gasteiger charge is -2.29. The van der Waals surface area contributed by atoms with Gasteiger partial charge in [0, 0.05) is 25.0 Å². The van der Waals surface area contributed by atoms with E-state index in [1.54, 1.807) is 10.6 Å². The minimum atomic E-state index is -1.07. The molecule has 1 saturated heterocycles. The molecule has 3 rings (SSSR count). The Morgan fingerprint density at radius 3 is 2.68 bits per heavy atom. The first-order chi connectivity index (χ1) is 10.7. The number of carboxylic acid groups (broad SMARTS) is 1. The summed E-state index contributed by atoms with van der Waals surface area (Å²) < 4.78 is 1.62. The number of hydrogen-bond acceptors (Lipinski definition) is 4. The number of benzene rings is 1. The van der Waals surface area contributed by atoms with Gasteiger partial charge in [0.15, 0.2) is 5.69 Å². The van der Waals surface area contributed by atoms with Crippen LogP contribution in [0.5, 0.6) is 0 Å². The Balaban J connectivity index is 1.94. The Hall–Kier alpha value is -2.81. The molecule has 0 amide bonds. The Bertz CT molecular complexity index is 739. The number of carboxylic acids is 1. The third kappa shape index (κ3) is 2.66. The average Bonchev–Trinajstić information content (AvgIpc) is 3.05. The van der Waals surface area contributed by atoms with Gasteiger partial charge in [-0.05, 0) is 37.5 Å². The van der Waals surface area contributed by atoms with Gasteiger partial charge in [0.2, 0.25) is 0 Å². The van der Waals surface area contributed by atoms with Crippen molar-refractivity contribution in [1.82, 2.24) is 9.55 Å². The van der Waals surface area contributed by atoms with E-state index in [1.165, 1.54) is 18.9 Å². The summed E-state index contributed by atoms with van der Waals surface area (Å²) in [5.74, 6) is -1.07. The molecular weight excluding hydrogens is 280 g/mol. The highest BCUT2D eigenvalue weighted by Gasteiger charge is 2.15. The van der Waals surface area contributed by atoms with Crippen molar-refractivity contribution in [3.05, 3.63) is 42.0 Å². The molecule has 1 aliphatic heterocycles. The van der Waals surface area contributed by atoms with E-state index in [-0.39, 0.29) is 5.69 Å². The number of aromatic carboxylic acids is 1. The fraction of sp³-hybridized carbons (Fsp3) is 0.312. The third-order valence-corrected chi connectivity index (χ3v) is 3.90. The Morgan fingerprint density at radius 2 is 2.05 bits per heavy atom. The average molecular weight is 296 g/mol. The van der Waals surface area contributed by atoms with Gasteiger partial charge in [-0.15, -0.1) is 0 Å². The van der Waals surface area contributed by atoms with Gasteiger partial charge in [-0.1, -0.05) is 0 Å². The van der Waals surface area contributed by atoms with Gasteiger partial charge in [0.1, 0.15) is 12.4 Å². The molecule has 6 nitrogen and oxygen atoms in total. The number of hydrogen-bond donors (Lipinski definition) is 1. The molecule has 0 spiro atoms. The zero-order valence-electron chi connectivity index (χ0n) is 12.1. The van der Waals surface area contributed by atoms with E-state index in [9.17, 15) is 10.1 Å². The standard InChI is InChI=1S/C16H16N4O2/c17-9-12-8-13(20-10-14(16(21)22)18-11-20)4-5-15(12)19-6-2-1-3-7-19/h4-5,8,10-11H,1-3,6-7H2,(H,21,22). The summed E-state index contributed by atoms with van der Waals surface area (Å²) in [6, 6.07) is 7.83. The van der Waals surface area contributed by atoms with Crippen molar-refractivity contribution >= 4 is 11.7 Å². The lowest BCUT2D eigenvalue weighted by atomic mass is 10.1. The van der Waals surface area contributed by atoms with Crippen LogP contribution in [0.1, 0.15) is 35.3 Å². The molecule has 1 aromatic heterocycles. The molecule has 0 bridgehead atoms. The van der Waals surface area contributed by atoms with Crippen molar-refractivity contribution in [2.24, 2.45) is 0 Å². The van der Waals surface area contributed by atoms with Crippen LogP contribution in [0.25, 0.3) is 5.69 Å². The summed E-state index contributed by atoms with van der Waals surface area (Å²) in [5.41, 5.74) is 2.27. The van der Waals surface area contributed by atoms with Gasteiger partial charge in [-0.2, -0.15) is 5.26 Å². The molecular formula is C16H16N4O2. The molecule has 2 heterocycles. The molecule has 0 aliphatic carbocycles. The van der Waals surface area contributed by atoms with E-state index in [0.717, 1.165) is 37.3 Å². The first-order valence-electron chi connectivity index (χ1n) is 7.26. The topological polar surface area (TPSA) is 82.1 Å². The van der Waals surface area contributed by atoms with Crippen LogP contribution < -0.4 is 4.90 Å². The molecule has 0 atom stereocenters. The van der Waals surface area contributed by atoms with Crippen LogP contribution in [0.15, 0.2) is 30.7 Å². The van der Waals surface area contributed by atoms with Crippen LogP contribution in [0, 0.1) is 11.3 Å². The van der Waals surface area contributed by atoms with Crippen LogP contribution in [0.2, 0.25) is 0 Å². The lowest BCUT2D eigenvalue weighted by molar-refractivity contribution is 0.0691. The van der Waals surface area contributed by atoms with E-state index in [1.807, 2.05) is 12.1 Å². The Labute approximate surface area is 128 Å². The van der Waals surface area contributed by atoms with Crippen molar-refractivity contribution in [3.63, 3.8) is 0 Å². The summed E-state index contributed by atoms with van der Waals surface area (Å²) in [6.07, 6.45) is 6.43. The van der Waals surface area contributed by atoms with Gasteiger partial charge >= 0.3 is 5.97 Å². The van der Waals surface area contributed by atoms with Crippen molar-refractivity contribution in [2.45, 2.75) is 19.3 Å². The first kappa shape index (κ1) is 14.1. The predicted octanol–water partition coefficient (Wildman–Crippen LogP) is 2.43. The number of nitriles is 1. The summed E-state index contributed by atoms with van der Waals surface area (Å²) in [6.45, 7) is 1.95. The maximum Gasteiger partial charge on any atom is 0.356 e. The molecule has 1 fully saturated rings. The molecule has 1 aliphatic rings. The Morgan fingerprint density at radius 1 is 1.27 bits per heavy atom. The normalized spacial score (nSPS) is 14.6. The molecule has 112 valence electrons. The van der Waals surface area contributed by atoms with E-state index >= 15 is 0 Å². The highest BCUT2D eigenvalue weighted by atomic mass is 16.4. The molecule has 0 radical (unpaired) electrons. The third-order valence-electron chi connectivity index (χ3n) is 3.90. The SMILES string of the molecule is N#Cc1cc(-n2cnc(C(=O)O)c2)ccc1N1CCCCC1. The van der Waals surface area contributed by atoms with Crippen molar-refractivity contribution in [1.29, 1.82) is 5.26 Å². The summed E-state index contributed by atoms with van der Waals surface area (Å²) in [4.78, 5) is 17.0. The molecule has 1 N–H and O–H groups in total. The largest absolute Gasteiger partial charge is 0.476 e. The van der Waals surface area contributed by atoms with Crippen LogP contribution in [0.4, 0.5) is 5.69 Å². The molecule has 0 unspecified atom stereocenters. The number of nitrogens with zero attached hydrogens (tertiary/aromatic N) is 4. The van der Waals surface area contributed by atoms with Gasteiger partial charge in [0.25, 0.3) is 0 Å². The monoisotopic (exact) mass is 296 g/mol. The van der Waals surface area contributed by atoms with Crippen LogP contribution in [-0.4, -0.2) is 33.7 Å². The van der Waals surface area contributed by atoms with Gasteiger partial charge < -0.3 is 14.6 Å². The van der Waals surface area contributed by atoms with Crippen LogP contribution in [-0.2, 0) is 0 Å². The Kier molecular flexibility index (Phi) is 3.79. The van der Waals surface area contributed by atoms with Crippen molar-refractivity contribution in [2.75, 3.05) is 18.0 Å². The molecule has 0 saturated carbocycles. The molecule has 1 aromatic carbocycles. The van der Waals surface area contributed by atoms with E-state index in [4.69, 9.17) is 5.11 Å². The first-order valence-corrected chi connectivity index (χ1v) is 7.26. The zero-order chi connectivity index (χ0) is 15.5. The smallest absolute Gasteiger partial charge is 0.356 e. The van der Waals surface area contributed by atoms with Gasteiger partial charge in [-0.25, -0.2) is 9.78 Å². The van der Waals surface area contributed by atoms with Gasteiger partial charge in [0.05, 0.1) is 11.3 Å². The number of aromatic nitrogens is 2. The quantitative estimate of drug-likeness (QED) is 0.940. The second kappa shape index (κ2) is 5.90. The fourth-order valence-corrected chi connectivity index (χ4v) is 2.76. The summed E-state index contributed by atoms with van der Waals surface area (Å²) >= 11 is 0. The number of piperidine rings is 1. The maximum absolute atomic E-state index is 10.9. The van der Waals surface area contributed by atoms with Gasteiger partial charge in [-0.3, -0.25) is 0 Å².